The minimum absolute atomic E-state index is 0.0557. The van der Waals surface area contributed by atoms with Crippen molar-refractivity contribution in [3.8, 4) is 0 Å². The molecular formula is C16H23N5O2. The zero-order valence-electron chi connectivity index (χ0n) is 14.3. The van der Waals surface area contributed by atoms with E-state index in [4.69, 9.17) is 0 Å². The third-order valence-electron chi connectivity index (χ3n) is 3.73. The summed E-state index contributed by atoms with van der Waals surface area (Å²) in [5.41, 5.74) is 2.01. The Hall–Kier alpha value is -2.41. The van der Waals surface area contributed by atoms with E-state index < -0.39 is 0 Å². The highest BCUT2D eigenvalue weighted by atomic mass is 16.2. The summed E-state index contributed by atoms with van der Waals surface area (Å²) in [6, 6.07) is 3.56. The fourth-order valence-electron chi connectivity index (χ4n) is 2.42. The van der Waals surface area contributed by atoms with Crippen LogP contribution in [0.2, 0.25) is 0 Å². The van der Waals surface area contributed by atoms with Crippen LogP contribution in [-0.4, -0.2) is 72.8 Å². The summed E-state index contributed by atoms with van der Waals surface area (Å²) in [4.78, 5) is 33.2. The Morgan fingerprint density at radius 1 is 1.22 bits per heavy atom. The highest BCUT2D eigenvalue weighted by Crippen LogP contribution is 2.21. The first kappa shape index (κ1) is 17.0. The number of amides is 2. The molecule has 2 amide bonds. The number of rotatable bonds is 6. The van der Waals surface area contributed by atoms with E-state index >= 15 is 0 Å². The Labute approximate surface area is 136 Å². The second-order valence-corrected chi connectivity index (χ2v) is 5.91. The van der Waals surface area contributed by atoms with Gasteiger partial charge in [-0.1, -0.05) is 0 Å². The number of aromatic nitrogens is 2. The number of hydrogen-bond acceptors (Lipinski definition) is 4. The molecule has 0 aromatic carbocycles. The van der Waals surface area contributed by atoms with Crippen molar-refractivity contribution in [2.24, 2.45) is 0 Å². The summed E-state index contributed by atoms with van der Waals surface area (Å²) < 4.78 is 1.77. The zero-order valence-corrected chi connectivity index (χ0v) is 14.3. The fraction of sp³-hybridized carbons (Fsp3) is 0.438. The van der Waals surface area contributed by atoms with Crippen molar-refractivity contribution < 1.29 is 9.59 Å². The minimum Gasteiger partial charge on any atom is -0.340 e. The average Bonchev–Trinajstić information content (AvgIpc) is 2.85. The molecule has 0 unspecified atom stereocenters. The summed E-state index contributed by atoms with van der Waals surface area (Å²) >= 11 is 0. The lowest BCUT2D eigenvalue weighted by atomic mass is 10.2. The van der Waals surface area contributed by atoms with Gasteiger partial charge >= 0.3 is 0 Å². The van der Waals surface area contributed by atoms with Crippen LogP contribution in [0.3, 0.4) is 0 Å². The van der Waals surface area contributed by atoms with Gasteiger partial charge in [-0.2, -0.15) is 0 Å². The van der Waals surface area contributed by atoms with Crippen molar-refractivity contribution in [3.05, 3.63) is 29.6 Å². The van der Waals surface area contributed by atoms with Crippen molar-refractivity contribution in [2.75, 3.05) is 46.2 Å². The lowest BCUT2D eigenvalue weighted by Gasteiger charge is -2.20. The topological polar surface area (TPSA) is 61.2 Å². The van der Waals surface area contributed by atoms with Crippen molar-refractivity contribution in [1.82, 2.24) is 19.2 Å². The van der Waals surface area contributed by atoms with E-state index in [0.29, 0.717) is 23.6 Å². The summed E-state index contributed by atoms with van der Waals surface area (Å²) in [5, 5.41) is 0. The van der Waals surface area contributed by atoms with Crippen molar-refractivity contribution in [1.29, 1.82) is 0 Å². The van der Waals surface area contributed by atoms with Gasteiger partial charge in [-0.3, -0.25) is 14.0 Å². The molecule has 0 aliphatic carbocycles. The third kappa shape index (κ3) is 3.50. The molecule has 2 aromatic rings. The molecule has 23 heavy (non-hydrogen) atoms. The van der Waals surface area contributed by atoms with Crippen LogP contribution in [0.25, 0.3) is 5.65 Å². The predicted octanol–water partition coefficient (Wildman–Crippen LogP) is 0.869. The van der Waals surface area contributed by atoms with Crippen LogP contribution < -0.4 is 4.90 Å². The largest absolute Gasteiger partial charge is 0.340 e. The van der Waals surface area contributed by atoms with Gasteiger partial charge in [-0.05, 0) is 33.2 Å². The molecule has 0 saturated heterocycles. The maximum absolute atomic E-state index is 12.5. The van der Waals surface area contributed by atoms with Gasteiger partial charge in [-0.15, -0.1) is 0 Å². The van der Waals surface area contributed by atoms with Gasteiger partial charge < -0.3 is 14.7 Å². The maximum atomic E-state index is 12.5. The van der Waals surface area contributed by atoms with Gasteiger partial charge in [0, 0.05) is 33.4 Å². The van der Waals surface area contributed by atoms with Gasteiger partial charge in [0.1, 0.15) is 11.5 Å². The number of likely N-dealkylation sites (N-methyl/N-ethyl adjacent to an activating group) is 2. The van der Waals surface area contributed by atoms with E-state index in [9.17, 15) is 9.59 Å². The molecule has 0 aliphatic rings. The first-order valence-electron chi connectivity index (χ1n) is 7.42. The maximum Gasteiger partial charge on any atom is 0.255 e. The Bertz CT molecular complexity index is 723. The number of hydrogen-bond donors (Lipinski definition) is 0. The van der Waals surface area contributed by atoms with Crippen LogP contribution >= 0.6 is 0 Å². The van der Waals surface area contributed by atoms with E-state index in [1.165, 1.54) is 4.90 Å². The molecule has 0 N–H and O–H groups in total. The normalized spacial score (nSPS) is 11.0. The van der Waals surface area contributed by atoms with Crippen LogP contribution in [0.15, 0.2) is 18.3 Å². The highest BCUT2D eigenvalue weighted by molar-refractivity contribution is 5.94. The molecular weight excluding hydrogens is 294 g/mol. The molecule has 7 heteroatoms. The Morgan fingerprint density at radius 2 is 1.91 bits per heavy atom. The number of carbonyl (C=O) groups excluding carboxylic acids is 2. The first-order chi connectivity index (χ1) is 10.8. The molecule has 0 atom stereocenters. The Kier molecular flexibility index (Phi) is 5.00. The number of pyridine rings is 1. The monoisotopic (exact) mass is 317 g/mol. The quantitative estimate of drug-likeness (QED) is 0.742. The molecule has 2 aromatic heterocycles. The SMILES string of the molecule is Cc1nc2ccc(C(=O)N(C)CCN(C)C)cn2c1N(C)C=O. The number of fused-ring (bicyclic) bond motifs is 1. The molecule has 0 fully saturated rings. The van der Waals surface area contributed by atoms with Gasteiger partial charge in [0.15, 0.2) is 0 Å². The number of anilines is 1. The average molecular weight is 317 g/mol. The zero-order chi connectivity index (χ0) is 17.1. The fourth-order valence-corrected chi connectivity index (χ4v) is 2.42. The molecule has 124 valence electrons. The summed E-state index contributed by atoms with van der Waals surface area (Å²) in [7, 11) is 7.40. The lowest BCUT2D eigenvalue weighted by molar-refractivity contribution is -0.107. The number of nitrogens with zero attached hydrogens (tertiary/aromatic N) is 5. The standard InChI is InChI=1S/C16H23N5O2/c1-12-15(20(5)11-22)21-10-13(6-7-14(21)17-12)16(23)19(4)9-8-18(2)3/h6-7,10-11H,8-9H2,1-5H3. The molecule has 0 aliphatic heterocycles. The van der Waals surface area contributed by atoms with Crippen LogP contribution in [0.1, 0.15) is 16.1 Å². The molecule has 0 spiro atoms. The molecule has 2 rings (SSSR count). The molecule has 0 bridgehead atoms. The predicted molar refractivity (Wildman–Crippen MR) is 89.9 cm³/mol. The van der Waals surface area contributed by atoms with Gasteiger partial charge in [0.25, 0.3) is 5.91 Å². The van der Waals surface area contributed by atoms with E-state index in [-0.39, 0.29) is 5.91 Å². The van der Waals surface area contributed by atoms with Crippen molar-refractivity contribution in [3.63, 3.8) is 0 Å². The number of imidazole rings is 1. The molecule has 0 saturated carbocycles. The Morgan fingerprint density at radius 3 is 2.52 bits per heavy atom. The van der Waals surface area contributed by atoms with Gasteiger partial charge in [0.2, 0.25) is 6.41 Å². The second kappa shape index (κ2) is 6.78. The summed E-state index contributed by atoms with van der Waals surface area (Å²) in [6.45, 7) is 3.29. The Balaban J connectivity index is 2.35. The lowest BCUT2D eigenvalue weighted by Crippen LogP contribution is -2.33. The van der Waals surface area contributed by atoms with Crippen LogP contribution in [-0.2, 0) is 4.79 Å². The molecule has 2 heterocycles. The van der Waals surface area contributed by atoms with E-state index in [0.717, 1.165) is 18.6 Å². The smallest absolute Gasteiger partial charge is 0.255 e. The van der Waals surface area contributed by atoms with E-state index in [1.54, 1.807) is 41.7 Å². The van der Waals surface area contributed by atoms with Crippen LogP contribution in [0.4, 0.5) is 5.82 Å². The van der Waals surface area contributed by atoms with Gasteiger partial charge in [0.05, 0.1) is 11.3 Å². The molecule has 7 nitrogen and oxygen atoms in total. The highest BCUT2D eigenvalue weighted by Gasteiger charge is 2.16. The number of carbonyl (C=O) groups is 2. The van der Waals surface area contributed by atoms with Crippen molar-refractivity contribution in [2.45, 2.75) is 6.92 Å². The van der Waals surface area contributed by atoms with Crippen molar-refractivity contribution >= 4 is 23.8 Å². The van der Waals surface area contributed by atoms with Gasteiger partial charge in [-0.25, -0.2) is 4.98 Å². The van der Waals surface area contributed by atoms with E-state index in [2.05, 4.69) is 4.98 Å². The minimum atomic E-state index is -0.0557. The van der Waals surface area contributed by atoms with E-state index in [1.807, 2.05) is 25.9 Å². The van der Waals surface area contributed by atoms with Crippen LogP contribution in [0.5, 0.6) is 0 Å². The summed E-state index contributed by atoms with van der Waals surface area (Å²) in [5.74, 6) is 0.611. The van der Waals surface area contributed by atoms with Crippen LogP contribution in [0, 0.1) is 6.92 Å². The molecule has 0 radical (unpaired) electrons. The second-order valence-electron chi connectivity index (χ2n) is 5.91. The number of aryl methyl sites for hydroxylation is 1. The first-order valence-corrected chi connectivity index (χ1v) is 7.42. The third-order valence-corrected chi connectivity index (χ3v) is 3.73. The summed E-state index contributed by atoms with van der Waals surface area (Å²) in [6.07, 6.45) is 2.47.